The van der Waals surface area contributed by atoms with E-state index in [0.29, 0.717) is 18.4 Å². The SMILES string of the molecule is CCc1oc(-c2ccccc2)nc1CCOc1ccc2c(c1)CCC2C(C)CC. The molecule has 3 heteroatoms. The van der Waals surface area contributed by atoms with Gasteiger partial charge in [-0.1, -0.05) is 51.5 Å². The smallest absolute Gasteiger partial charge is 0.226 e. The third-order valence-electron chi connectivity index (χ3n) is 6.30. The van der Waals surface area contributed by atoms with Crippen molar-refractivity contribution in [2.24, 2.45) is 5.92 Å². The largest absolute Gasteiger partial charge is 0.493 e. The Morgan fingerprint density at radius 1 is 1.14 bits per heavy atom. The molecule has 0 radical (unpaired) electrons. The van der Waals surface area contributed by atoms with E-state index in [4.69, 9.17) is 14.1 Å². The van der Waals surface area contributed by atoms with Gasteiger partial charge in [-0.2, -0.15) is 0 Å². The van der Waals surface area contributed by atoms with Gasteiger partial charge in [0.2, 0.25) is 5.89 Å². The van der Waals surface area contributed by atoms with Crippen molar-refractivity contribution < 1.29 is 9.15 Å². The lowest BCUT2D eigenvalue weighted by Crippen LogP contribution is -2.06. The second-order valence-corrected chi connectivity index (χ2v) is 8.10. The molecule has 0 aliphatic heterocycles. The molecule has 3 nitrogen and oxygen atoms in total. The van der Waals surface area contributed by atoms with Crippen LogP contribution in [0.1, 0.15) is 62.1 Å². The molecule has 1 heterocycles. The Bertz CT molecular complexity index is 945. The maximum Gasteiger partial charge on any atom is 0.226 e. The highest BCUT2D eigenvalue weighted by atomic mass is 16.5. The van der Waals surface area contributed by atoms with Crippen LogP contribution < -0.4 is 4.74 Å². The van der Waals surface area contributed by atoms with Crippen molar-refractivity contribution in [1.82, 2.24) is 4.98 Å². The highest BCUT2D eigenvalue weighted by Gasteiger charge is 2.26. The minimum Gasteiger partial charge on any atom is -0.493 e. The van der Waals surface area contributed by atoms with E-state index in [9.17, 15) is 0 Å². The number of rotatable bonds is 8. The molecule has 3 aromatic rings. The molecule has 0 amide bonds. The number of fused-ring (bicyclic) bond motifs is 1. The molecule has 4 rings (SSSR count). The lowest BCUT2D eigenvalue weighted by molar-refractivity contribution is 0.319. The first-order valence-corrected chi connectivity index (χ1v) is 11.0. The van der Waals surface area contributed by atoms with E-state index in [1.165, 1.54) is 30.4 Å². The van der Waals surface area contributed by atoms with Crippen molar-refractivity contribution >= 4 is 0 Å². The van der Waals surface area contributed by atoms with Crippen LogP contribution in [0, 0.1) is 5.92 Å². The predicted molar refractivity (Wildman–Crippen MR) is 117 cm³/mol. The number of hydrogen-bond donors (Lipinski definition) is 0. The Morgan fingerprint density at radius 2 is 1.97 bits per heavy atom. The lowest BCUT2D eigenvalue weighted by Gasteiger charge is -2.18. The first kappa shape index (κ1) is 19.8. The molecule has 29 heavy (non-hydrogen) atoms. The summed E-state index contributed by atoms with van der Waals surface area (Å²) in [6, 6.07) is 16.8. The molecule has 2 unspecified atom stereocenters. The van der Waals surface area contributed by atoms with Crippen molar-refractivity contribution in [1.29, 1.82) is 0 Å². The molecule has 0 spiro atoms. The second kappa shape index (κ2) is 8.86. The lowest BCUT2D eigenvalue weighted by atomic mass is 9.87. The van der Waals surface area contributed by atoms with Crippen molar-refractivity contribution in [3.63, 3.8) is 0 Å². The van der Waals surface area contributed by atoms with E-state index < -0.39 is 0 Å². The number of aromatic nitrogens is 1. The molecule has 1 aliphatic rings. The van der Waals surface area contributed by atoms with Gasteiger partial charge in [0.1, 0.15) is 11.5 Å². The second-order valence-electron chi connectivity index (χ2n) is 8.10. The van der Waals surface area contributed by atoms with Crippen molar-refractivity contribution in [3.05, 3.63) is 71.1 Å². The number of hydrogen-bond acceptors (Lipinski definition) is 3. The molecule has 0 saturated carbocycles. The van der Waals surface area contributed by atoms with Crippen molar-refractivity contribution in [3.8, 4) is 17.2 Å². The van der Waals surface area contributed by atoms with Gasteiger partial charge in [0.25, 0.3) is 0 Å². The fraction of sp³-hybridized carbons (Fsp3) is 0.423. The molecule has 0 fully saturated rings. The molecule has 0 N–H and O–H groups in total. The summed E-state index contributed by atoms with van der Waals surface area (Å²) in [7, 11) is 0. The van der Waals surface area contributed by atoms with Gasteiger partial charge < -0.3 is 9.15 Å². The Hall–Kier alpha value is -2.55. The van der Waals surface area contributed by atoms with E-state index in [2.05, 4.69) is 39.0 Å². The van der Waals surface area contributed by atoms with E-state index in [0.717, 1.165) is 41.5 Å². The number of aryl methyl sites for hydroxylation is 2. The van der Waals surface area contributed by atoms with Crippen molar-refractivity contribution in [2.45, 2.75) is 58.8 Å². The topological polar surface area (TPSA) is 35.3 Å². The van der Waals surface area contributed by atoms with Crippen LogP contribution in [0.3, 0.4) is 0 Å². The minimum absolute atomic E-state index is 0.612. The maximum atomic E-state index is 6.09. The summed E-state index contributed by atoms with van der Waals surface area (Å²) in [6.07, 6.45) is 5.28. The van der Waals surface area contributed by atoms with E-state index >= 15 is 0 Å². The van der Waals surface area contributed by atoms with E-state index in [-0.39, 0.29) is 0 Å². The summed E-state index contributed by atoms with van der Waals surface area (Å²) in [5, 5.41) is 0. The number of benzene rings is 2. The Kier molecular flexibility index (Phi) is 6.03. The molecule has 2 atom stereocenters. The standard InChI is InChI=1S/C26H31NO2/c1-4-18(3)22-13-11-20-17-21(12-14-23(20)22)28-16-15-24-25(5-2)29-26(27-24)19-9-7-6-8-10-19/h6-10,12,14,17-18,22H,4-5,11,13,15-16H2,1-3H3. The average Bonchev–Trinajstić information content (AvgIpc) is 3.37. The van der Waals surface area contributed by atoms with E-state index in [1.54, 1.807) is 0 Å². The van der Waals surface area contributed by atoms with Gasteiger partial charge in [0.15, 0.2) is 0 Å². The first-order chi connectivity index (χ1) is 14.2. The Morgan fingerprint density at radius 3 is 2.72 bits per heavy atom. The van der Waals surface area contributed by atoms with E-state index in [1.807, 2.05) is 30.3 Å². The normalized spacial score (nSPS) is 16.6. The first-order valence-electron chi connectivity index (χ1n) is 11.0. The van der Waals surface area contributed by atoms with Gasteiger partial charge in [0, 0.05) is 18.4 Å². The van der Waals surface area contributed by atoms with Crippen LogP contribution in [0.25, 0.3) is 11.5 Å². The highest BCUT2D eigenvalue weighted by Crippen LogP contribution is 2.40. The van der Waals surface area contributed by atoms with Gasteiger partial charge in [0.05, 0.1) is 12.3 Å². The summed E-state index contributed by atoms with van der Waals surface area (Å²) < 4.78 is 12.1. The molecular formula is C26H31NO2. The molecule has 152 valence electrons. The molecule has 0 bridgehead atoms. The maximum absolute atomic E-state index is 6.09. The van der Waals surface area contributed by atoms with Crippen LogP contribution in [0.2, 0.25) is 0 Å². The summed E-state index contributed by atoms with van der Waals surface area (Å²) in [4.78, 5) is 4.73. The predicted octanol–water partition coefficient (Wildman–Crippen LogP) is 6.60. The van der Waals surface area contributed by atoms with Crippen molar-refractivity contribution in [2.75, 3.05) is 6.61 Å². The molecule has 2 aromatic carbocycles. The fourth-order valence-electron chi connectivity index (χ4n) is 4.42. The average molecular weight is 390 g/mol. The zero-order valence-corrected chi connectivity index (χ0v) is 17.8. The molecule has 1 aliphatic carbocycles. The summed E-state index contributed by atoms with van der Waals surface area (Å²) >= 11 is 0. The molecule has 0 saturated heterocycles. The van der Waals surface area contributed by atoms with Gasteiger partial charge in [-0.15, -0.1) is 0 Å². The zero-order chi connectivity index (χ0) is 20.2. The summed E-state index contributed by atoms with van der Waals surface area (Å²) in [6.45, 7) is 7.38. The minimum atomic E-state index is 0.612. The van der Waals surface area contributed by atoms with Gasteiger partial charge in [-0.05, 0) is 60.1 Å². The van der Waals surface area contributed by atoms with Crippen LogP contribution in [0.15, 0.2) is 52.9 Å². The van der Waals surface area contributed by atoms with Gasteiger partial charge >= 0.3 is 0 Å². The molecule has 1 aromatic heterocycles. The summed E-state index contributed by atoms with van der Waals surface area (Å²) in [5.41, 5.74) is 5.02. The number of ether oxygens (including phenoxy) is 1. The Labute approximate surface area is 174 Å². The zero-order valence-electron chi connectivity index (χ0n) is 17.8. The number of nitrogens with zero attached hydrogens (tertiary/aromatic N) is 1. The quantitative estimate of drug-likeness (QED) is 0.435. The monoisotopic (exact) mass is 389 g/mol. The van der Waals surface area contributed by atoms with Crippen LogP contribution in [0.4, 0.5) is 0 Å². The van der Waals surface area contributed by atoms with Crippen LogP contribution >= 0.6 is 0 Å². The third-order valence-corrected chi connectivity index (χ3v) is 6.30. The summed E-state index contributed by atoms with van der Waals surface area (Å²) in [5.74, 6) is 4.09. The van der Waals surface area contributed by atoms with Gasteiger partial charge in [-0.25, -0.2) is 4.98 Å². The fourth-order valence-corrected chi connectivity index (χ4v) is 4.42. The number of oxazole rings is 1. The highest BCUT2D eigenvalue weighted by molar-refractivity contribution is 5.53. The van der Waals surface area contributed by atoms with Crippen LogP contribution in [-0.2, 0) is 19.3 Å². The van der Waals surface area contributed by atoms with Gasteiger partial charge in [-0.3, -0.25) is 0 Å². The van der Waals surface area contributed by atoms with Crippen LogP contribution in [-0.4, -0.2) is 11.6 Å². The Balaban J connectivity index is 1.40. The van der Waals surface area contributed by atoms with Crippen LogP contribution in [0.5, 0.6) is 5.75 Å². The third kappa shape index (κ3) is 4.24. The molecular weight excluding hydrogens is 358 g/mol.